The molecule has 1 atom stereocenters. The lowest BCUT2D eigenvalue weighted by molar-refractivity contribution is 0.365. The monoisotopic (exact) mass is 278 g/mol. The standard InChI is InChI=1S/C16H26N2S/c1-12-3-4-15(9-13(12)2)11-16(18-17)10-14-5-7-19-8-6-14/h3-4,9,14,16,18H,5-8,10-11,17H2,1-2H3. The maximum absolute atomic E-state index is 5.75. The van der Waals surface area contributed by atoms with Gasteiger partial charge in [-0.05, 0) is 73.6 Å². The molecule has 106 valence electrons. The van der Waals surface area contributed by atoms with Gasteiger partial charge in [0.1, 0.15) is 0 Å². The lowest BCUT2D eigenvalue weighted by Crippen LogP contribution is -2.38. The molecule has 2 rings (SSSR count). The van der Waals surface area contributed by atoms with Crippen LogP contribution in [0.3, 0.4) is 0 Å². The molecule has 0 saturated carbocycles. The Morgan fingerprint density at radius 3 is 2.63 bits per heavy atom. The molecule has 1 heterocycles. The minimum Gasteiger partial charge on any atom is -0.271 e. The van der Waals surface area contributed by atoms with E-state index in [0.29, 0.717) is 6.04 Å². The predicted molar refractivity (Wildman–Crippen MR) is 85.4 cm³/mol. The molecule has 1 unspecified atom stereocenters. The topological polar surface area (TPSA) is 38.0 Å². The number of hydrazine groups is 1. The van der Waals surface area contributed by atoms with Gasteiger partial charge in [0, 0.05) is 6.04 Å². The van der Waals surface area contributed by atoms with E-state index in [-0.39, 0.29) is 0 Å². The molecular weight excluding hydrogens is 252 g/mol. The van der Waals surface area contributed by atoms with Crippen molar-refractivity contribution in [1.29, 1.82) is 0 Å². The molecule has 1 aromatic rings. The quantitative estimate of drug-likeness (QED) is 0.641. The van der Waals surface area contributed by atoms with Crippen molar-refractivity contribution in [3.05, 3.63) is 34.9 Å². The summed E-state index contributed by atoms with van der Waals surface area (Å²) in [6, 6.07) is 7.17. The van der Waals surface area contributed by atoms with Gasteiger partial charge in [0.25, 0.3) is 0 Å². The molecule has 1 aliphatic heterocycles. The van der Waals surface area contributed by atoms with Crippen LogP contribution in [0.4, 0.5) is 0 Å². The molecule has 1 aromatic carbocycles. The van der Waals surface area contributed by atoms with Gasteiger partial charge in [-0.25, -0.2) is 0 Å². The fourth-order valence-corrected chi connectivity index (χ4v) is 4.01. The van der Waals surface area contributed by atoms with Gasteiger partial charge in [0.2, 0.25) is 0 Å². The highest BCUT2D eigenvalue weighted by Crippen LogP contribution is 2.27. The average molecular weight is 278 g/mol. The Balaban J connectivity index is 1.92. The molecule has 0 aromatic heterocycles. The van der Waals surface area contributed by atoms with Crippen molar-refractivity contribution in [3.8, 4) is 0 Å². The second-order valence-corrected chi connectivity index (χ2v) is 7.00. The fraction of sp³-hybridized carbons (Fsp3) is 0.625. The number of nitrogens with one attached hydrogen (secondary N) is 1. The number of hydrogen-bond acceptors (Lipinski definition) is 3. The molecule has 0 aliphatic carbocycles. The smallest absolute Gasteiger partial charge is 0.0253 e. The average Bonchev–Trinajstić information content (AvgIpc) is 2.43. The van der Waals surface area contributed by atoms with Crippen LogP contribution in [0.15, 0.2) is 18.2 Å². The molecular formula is C16H26N2S. The van der Waals surface area contributed by atoms with Gasteiger partial charge in [-0.2, -0.15) is 11.8 Å². The van der Waals surface area contributed by atoms with Crippen LogP contribution in [-0.2, 0) is 6.42 Å². The minimum atomic E-state index is 0.412. The molecule has 0 spiro atoms. The predicted octanol–water partition coefficient (Wildman–Crippen LogP) is 3.21. The molecule has 19 heavy (non-hydrogen) atoms. The number of benzene rings is 1. The molecule has 1 fully saturated rings. The van der Waals surface area contributed by atoms with Crippen LogP contribution in [0.25, 0.3) is 0 Å². The first-order chi connectivity index (χ1) is 9.19. The number of aryl methyl sites for hydroxylation is 2. The van der Waals surface area contributed by atoms with Crippen LogP contribution in [0.1, 0.15) is 36.0 Å². The van der Waals surface area contributed by atoms with E-state index in [1.807, 2.05) is 0 Å². The number of nitrogens with two attached hydrogens (primary N) is 1. The lowest BCUT2D eigenvalue weighted by atomic mass is 9.91. The van der Waals surface area contributed by atoms with Gasteiger partial charge >= 0.3 is 0 Å². The summed E-state index contributed by atoms with van der Waals surface area (Å²) in [7, 11) is 0. The van der Waals surface area contributed by atoms with Crippen LogP contribution in [0, 0.1) is 19.8 Å². The third-order valence-corrected chi connectivity index (χ3v) is 5.30. The Hall–Kier alpha value is -0.510. The second kappa shape index (κ2) is 7.32. The first kappa shape index (κ1) is 14.9. The summed E-state index contributed by atoms with van der Waals surface area (Å²) in [6.45, 7) is 4.35. The zero-order chi connectivity index (χ0) is 13.7. The van der Waals surface area contributed by atoms with Crippen LogP contribution in [-0.4, -0.2) is 17.5 Å². The summed E-state index contributed by atoms with van der Waals surface area (Å²) in [5, 5.41) is 0. The maximum atomic E-state index is 5.75. The van der Waals surface area contributed by atoms with Crippen LogP contribution >= 0.6 is 11.8 Å². The van der Waals surface area contributed by atoms with Crippen molar-refractivity contribution >= 4 is 11.8 Å². The van der Waals surface area contributed by atoms with Gasteiger partial charge < -0.3 is 0 Å². The number of rotatable bonds is 5. The Labute approximate surface area is 121 Å². The zero-order valence-corrected chi connectivity index (χ0v) is 12.9. The molecule has 0 amide bonds. The van der Waals surface area contributed by atoms with Crippen molar-refractivity contribution < 1.29 is 0 Å². The van der Waals surface area contributed by atoms with Crippen LogP contribution in [0.5, 0.6) is 0 Å². The first-order valence-electron chi connectivity index (χ1n) is 7.29. The Bertz CT molecular complexity index is 400. The Morgan fingerprint density at radius 1 is 1.26 bits per heavy atom. The van der Waals surface area contributed by atoms with Gasteiger partial charge in [0.05, 0.1) is 0 Å². The zero-order valence-electron chi connectivity index (χ0n) is 12.1. The Kier molecular flexibility index (Phi) is 5.74. The number of thioether (sulfide) groups is 1. The van der Waals surface area contributed by atoms with E-state index < -0.39 is 0 Å². The molecule has 1 saturated heterocycles. The summed E-state index contributed by atoms with van der Waals surface area (Å²) in [4.78, 5) is 0. The van der Waals surface area contributed by atoms with Crippen molar-refractivity contribution in [2.45, 2.75) is 45.6 Å². The molecule has 0 bridgehead atoms. The third-order valence-electron chi connectivity index (χ3n) is 4.25. The summed E-state index contributed by atoms with van der Waals surface area (Å²) >= 11 is 2.09. The maximum Gasteiger partial charge on any atom is 0.0253 e. The van der Waals surface area contributed by atoms with Crippen LogP contribution < -0.4 is 11.3 Å². The molecule has 3 heteroatoms. The lowest BCUT2D eigenvalue weighted by Gasteiger charge is -2.26. The highest BCUT2D eigenvalue weighted by atomic mass is 32.2. The van der Waals surface area contributed by atoms with E-state index in [1.54, 1.807) is 0 Å². The van der Waals surface area contributed by atoms with Crippen molar-refractivity contribution in [1.82, 2.24) is 5.43 Å². The van der Waals surface area contributed by atoms with Crippen LogP contribution in [0.2, 0.25) is 0 Å². The fourth-order valence-electron chi connectivity index (χ4n) is 2.81. The van der Waals surface area contributed by atoms with E-state index in [4.69, 9.17) is 5.84 Å². The van der Waals surface area contributed by atoms with Crippen molar-refractivity contribution in [3.63, 3.8) is 0 Å². The van der Waals surface area contributed by atoms with E-state index in [1.165, 1.54) is 47.5 Å². The van der Waals surface area contributed by atoms with Crippen molar-refractivity contribution in [2.75, 3.05) is 11.5 Å². The third kappa shape index (κ3) is 4.51. The van der Waals surface area contributed by atoms with E-state index in [9.17, 15) is 0 Å². The molecule has 3 N–H and O–H groups in total. The number of hydrogen-bond donors (Lipinski definition) is 2. The van der Waals surface area contributed by atoms with E-state index in [0.717, 1.165) is 12.3 Å². The molecule has 0 radical (unpaired) electrons. The van der Waals surface area contributed by atoms with Crippen molar-refractivity contribution in [2.24, 2.45) is 11.8 Å². The SMILES string of the molecule is Cc1ccc(CC(CC2CCSCC2)NN)cc1C. The van der Waals surface area contributed by atoms with Gasteiger partial charge in [-0.3, -0.25) is 11.3 Å². The van der Waals surface area contributed by atoms with Gasteiger partial charge in [-0.15, -0.1) is 0 Å². The first-order valence-corrected chi connectivity index (χ1v) is 8.44. The van der Waals surface area contributed by atoms with Gasteiger partial charge in [-0.1, -0.05) is 18.2 Å². The summed E-state index contributed by atoms with van der Waals surface area (Å²) in [5.74, 6) is 9.26. The van der Waals surface area contributed by atoms with E-state index >= 15 is 0 Å². The summed E-state index contributed by atoms with van der Waals surface area (Å²) < 4.78 is 0. The summed E-state index contributed by atoms with van der Waals surface area (Å²) in [5.41, 5.74) is 7.17. The normalized spacial score (nSPS) is 18.5. The molecule has 1 aliphatic rings. The van der Waals surface area contributed by atoms with Gasteiger partial charge in [0.15, 0.2) is 0 Å². The Morgan fingerprint density at radius 2 is 2.00 bits per heavy atom. The second-order valence-electron chi connectivity index (χ2n) is 5.78. The highest BCUT2D eigenvalue weighted by molar-refractivity contribution is 7.99. The summed E-state index contributed by atoms with van der Waals surface area (Å²) in [6.07, 6.45) is 4.97. The highest BCUT2D eigenvalue weighted by Gasteiger charge is 2.18. The minimum absolute atomic E-state index is 0.412. The van der Waals surface area contributed by atoms with E-state index in [2.05, 4.69) is 49.2 Å². The largest absolute Gasteiger partial charge is 0.271 e. The molecule has 2 nitrogen and oxygen atoms in total.